The number of thiophene rings is 1. The van der Waals surface area contributed by atoms with Crippen LogP contribution in [0.15, 0.2) is 41.8 Å². The van der Waals surface area contributed by atoms with Crippen molar-refractivity contribution in [2.75, 3.05) is 13.2 Å². The van der Waals surface area contributed by atoms with Gasteiger partial charge in [0, 0.05) is 30.7 Å². The Hall–Kier alpha value is -1.16. The van der Waals surface area contributed by atoms with Gasteiger partial charge in [-0.1, -0.05) is 30.3 Å². The monoisotopic (exact) mass is 273 g/mol. The molecule has 1 aliphatic heterocycles. The second kappa shape index (κ2) is 6.33. The highest BCUT2D eigenvalue weighted by Gasteiger charge is 2.13. The molecule has 0 saturated carbocycles. The van der Waals surface area contributed by atoms with Gasteiger partial charge < -0.3 is 10.1 Å². The predicted octanol–water partition coefficient (Wildman–Crippen LogP) is 3.68. The van der Waals surface area contributed by atoms with Gasteiger partial charge in [-0.25, -0.2) is 0 Å². The summed E-state index contributed by atoms with van der Waals surface area (Å²) in [6.45, 7) is 2.77. The topological polar surface area (TPSA) is 21.3 Å². The molecule has 19 heavy (non-hydrogen) atoms. The van der Waals surface area contributed by atoms with Crippen molar-refractivity contribution in [2.24, 2.45) is 0 Å². The van der Waals surface area contributed by atoms with Gasteiger partial charge in [0.05, 0.1) is 0 Å². The first-order chi connectivity index (χ1) is 9.42. The summed E-state index contributed by atoms with van der Waals surface area (Å²) in [6, 6.07) is 13.5. The van der Waals surface area contributed by atoms with Gasteiger partial charge in [0.25, 0.3) is 0 Å². The molecule has 0 atom stereocenters. The molecular formula is C16H19NOS. The van der Waals surface area contributed by atoms with E-state index in [-0.39, 0.29) is 0 Å². The number of hydrogen-bond donors (Lipinski definition) is 1. The van der Waals surface area contributed by atoms with Crippen LogP contribution < -0.4 is 5.32 Å². The maximum atomic E-state index is 5.38. The molecule has 1 aromatic heterocycles. The van der Waals surface area contributed by atoms with Crippen molar-refractivity contribution in [3.05, 3.63) is 46.7 Å². The smallest absolute Gasteiger partial charge is 0.0480 e. The Labute approximate surface area is 118 Å². The van der Waals surface area contributed by atoms with E-state index >= 15 is 0 Å². The highest BCUT2D eigenvalue weighted by Crippen LogP contribution is 2.25. The fourth-order valence-electron chi connectivity index (χ4n) is 2.40. The third-order valence-corrected chi connectivity index (χ3v) is 4.48. The van der Waals surface area contributed by atoms with Crippen molar-refractivity contribution in [2.45, 2.75) is 25.4 Å². The maximum Gasteiger partial charge on any atom is 0.0480 e. The number of benzene rings is 1. The molecule has 0 aliphatic carbocycles. The first-order valence-corrected chi connectivity index (χ1v) is 7.74. The summed E-state index contributed by atoms with van der Waals surface area (Å²) in [5.74, 6) is 0. The average molecular weight is 273 g/mol. The molecule has 2 aromatic rings. The second-order valence-corrected chi connectivity index (χ2v) is 5.93. The Kier molecular flexibility index (Phi) is 4.28. The SMILES string of the molecule is c1ccc(-c2csc(CNC3CCOCC3)c2)cc1. The molecule has 0 amide bonds. The summed E-state index contributed by atoms with van der Waals surface area (Å²) in [5.41, 5.74) is 2.63. The Balaban J connectivity index is 1.59. The zero-order valence-electron chi connectivity index (χ0n) is 11.0. The fraction of sp³-hybridized carbons (Fsp3) is 0.375. The molecule has 1 aromatic carbocycles. The molecule has 1 N–H and O–H groups in total. The normalized spacial score (nSPS) is 16.6. The highest BCUT2D eigenvalue weighted by atomic mass is 32.1. The van der Waals surface area contributed by atoms with E-state index in [2.05, 4.69) is 47.1 Å². The van der Waals surface area contributed by atoms with Crippen LogP contribution in [0.3, 0.4) is 0 Å². The zero-order valence-corrected chi connectivity index (χ0v) is 11.8. The minimum absolute atomic E-state index is 0.621. The molecule has 2 nitrogen and oxygen atoms in total. The summed E-state index contributed by atoms with van der Waals surface area (Å²) in [4.78, 5) is 1.41. The molecule has 0 spiro atoms. The van der Waals surface area contributed by atoms with E-state index in [1.807, 2.05) is 11.3 Å². The minimum Gasteiger partial charge on any atom is -0.381 e. The van der Waals surface area contributed by atoms with Crippen LogP contribution in [-0.2, 0) is 11.3 Å². The van der Waals surface area contributed by atoms with Crippen molar-refractivity contribution in [1.82, 2.24) is 5.32 Å². The van der Waals surface area contributed by atoms with Gasteiger partial charge in [-0.05, 0) is 35.4 Å². The predicted molar refractivity (Wildman–Crippen MR) is 80.4 cm³/mol. The summed E-state index contributed by atoms with van der Waals surface area (Å²) in [7, 11) is 0. The summed E-state index contributed by atoms with van der Waals surface area (Å²) in [6.07, 6.45) is 2.27. The summed E-state index contributed by atoms with van der Waals surface area (Å²) < 4.78 is 5.38. The van der Waals surface area contributed by atoms with Crippen LogP contribution in [0, 0.1) is 0 Å². The first-order valence-electron chi connectivity index (χ1n) is 6.86. The standard InChI is InChI=1S/C16H19NOS/c1-2-4-13(5-3-1)14-10-16(19-12-14)11-17-15-6-8-18-9-7-15/h1-5,10,12,15,17H,6-9,11H2. The van der Waals surface area contributed by atoms with Gasteiger partial charge in [0.1, 0.15) is 0 Å². The van der Waals surface area contributed by atoms with E-state index in [1.54, 1.807) is 0 Å². The number of ether oxygens (including phenoxy) is 1. The van der Waals surface area contributed by atoms with E-state index in [9.17, 15) is 0 Å². The second-order valence-electron chi connectivity index (χ2n) is 4.94. The molecule has 0 bridgehead atoms. The van der Waals surface area contributed by atoms with E-state index in [1.165, 1.54) is 16.0 Å². The van der Waals surface area contributed by atoms with E-state index in [0.29, 0.717) is 6.04 Å². The van der Waals surface area contributed by atoms with Gasteiger partial charge in [-0.3, -0.25) is 0 Å². The number of hydrogen-bond acceptors (Lipinski definition) is 3. The Bertz CT molecular complexity index is 502. The molecule has 1 saturated heterocycles. The van der Waals surface area contributed by atoms with E-state index in [0.717, 1.165) is 32.6 Å². The molecule has 0 radical (unpaired) electrons. The lowest BCUT2D eigenvalue weighted by molar-refractivity contribution is 0.0777. The van der Waals surface area contributed by atoms with E-state index in [4.69, 9.17) is 4.74 Å². The van der Waals surface area contributed by atoms with Crippen molar-refractivity contribution >= 4 is 11.3 Å². The van der Waals surface area contributed by atoms with Gasteiger partial charge >= 0.3 is 0 Å². The van der Waals surface area contributed by atoms with Gasteiger partial charge in [-0.2, -0.15) is 0 Å². The quantitative estimate of drug-likeness (QED) is 0.917. The Morgan fingerprint density at radius 2 is 1.89 bits per heavy atom. The fourth-order valence-corrected chi connectivity index (χ4v) is 3.25. The molecule has 1 fully saturated rings. The highest BCUT2D eigenvalue weighted by molar-refractivity contribution is 7.10. The zero-order chi connectivity index (χ0) is 12.9. The maximum absolute atomic E-state index is 5.38. The molecule has 0 unspecified atom stereocenters. The van der Waals surface area contributed by atoms with Crippen LogP contribution in [0.1, 0.15) is 17.7 Å². The molecule has 3 heteroatoms. The molecule has 3 rings (SSSR count). The van der Waals surface area contributed by atoms with Crippen molar-refractivity contribution in [1.29, 1.82) is 0 Å². The van der Waals surface area contributed by atoms with Crippen molar-refractivity contribution in [3.8, 4) is 11.1 Å². The minimum atomic E-state index is 0.621. The van der Waals surface area contributed by atoms with Crippen LogP contribution in [0.2, 0.25) is 0 Å². The molecular weight excluding hydrogens is 254 g/mol. The largest absolute Gasteiger partial charge is 0.381 e. The van der Waals surface area contributed by atoms with Gasteiger partial charge in [-0.15, -0.1) is 11.3 Å². The van der Waals surface area contributed by atoms with Gasteiger partial charge in [0.15, 0.2) is 0 Å². The third-order valence-electron chi connectivity index (χ3n) is 3.55. The van der Waals surface area contributed by atoms with Crippen molar-refractivity contribution < 1.29 is 4.74 Å². The lowest BCUT2D eigenvalue weighted by atomic mass is 10.1. The molecule has 1 aliphatic rings. The first kappa shape index (κ1) is 12.9. The van der Waals surface area contributed by atoms with E-state index < -0.39 is 0 Å². The van der Waals surface area contributed by atoms with Crippen LogP contribution in [-0.4, -0.2) is 19.3 Å². The lowest BCUT2D eigenvalue weighted by Gasteiger charge is -2.22. The third kappa shape index (κ3) is 3.44. The van der Waals surface area contributed by atoms with Crippen LogP contribution in [0.25, 0.3) is 11.1 Å². The lowest BCUT2D eigenvalue weighted by Crippen LogP contribution is -2.34. The van der Waals surface area contributed by atoms with Gasteiger partial charge in [0.2, 0.25) is 0 Å². The molecule has 100 valence electrons. The van der Waals surface area contributed by atoms with Crippen molar-refractivity contribution in [3.63, 3.8) is 0 Å². The average Bonchev–Trinajstić information content (AvgIpc) is 2.96. The van der Waals surface area contributed by atoms with Crippen LogP contribution >= 0.6 is 11.3 Å². The van der Waals surface area contributed by atoms with Crippen LogP contribution in [0.4, 0.5) is 0 Å². The number of rotatable bonds is 4. The number of nitrogens with one attached hydrogen (secondary N) is 1. The summed E-state index contributed by atoms with van der Waals surface area (Å²) >= 11 is 1.84. The summed E-state index contributed by atoms with van der Waals surface area (Å²) in [5, 5.41) is 5.88. The Morgan fingerprint density at radius 1 is 1.11 bits per heavy atom. The van der Waals surface area contributed by atoms with Crippen LogP contribution in [0.5, 0.6) is 0 Å². The Morgan fingerprint density at radius 3 is 2.68 bits per heavy atom. The molecule has 2 heterocycles.